The van der Waals surface area contributed by atoms with Gasteiger partial charge in [0.05, 0.1) is 0 Å². The Bertz CT molecular complexity index is 152. The van der Waals surface area contributed by atoms with Crippen molar-refractivity contribution in [1.82, 2.24) is 0 Å². The molecule has 0 unspecified atom stereocenters. The number of allylic oxidation sites excluding steroid dienone is 1. The summed E-state index contributed by atoms with van der Waals surface area (Å²) in [5.74, 6) is 0. The summed E-state index contributed by atoms with van der Waals surface area (Å²) < 4.78 is 0. The molecule has 0 fully saturated rings. The van der Waals surface area contributed by atoms with Crippen molar-refractivity contribution in [2.45, 2.75) is 20.8 Å². The van der Waals surface area contributed by atoms with E-state index < -0.39 is 0 Å². The van der Waals surface area contributed by atoms with Gasteiger partial charge in [-0.05, 0) is 6.92 Å². The number of hydrogen-bond donors (Lipinski definition) is 0. The molecule has 0 saturated carbocycles. The van der Waals surface area contributed by atoms with Gasteiger partial charge in [-0.2, -0.15) is 0 Å². The highest BCUT2D eigenvalue weighted by atomic mass is 14.7. The van der Waals surface area contributed by atoms with Crippen LogP contribution in [0.25, 0.3) is 0 Å². The van der Waals surface area contributed by atoms with E-state index in [1.807, 2.05) is 6.20 Å². The Hall–Kier alpha value is -0.590. The van der Waals surface area contributed by atoms with E-state index in [-0.39, 0.29) is 5.41 Å². The lowest BCUT2D eigenvalue weighted by molar-refractivity contribution is 0.685. The Morgan fingerprint density at radius 3 is 2.25 bits per heavy atom. The van der Waals surface area contributed by atoms with Gasteiger partial charge in [0.25, 0.3) is 0 Å². The first-order valence-electron chi connectivity index (χ1n) is 2.85. The van der Waals surface area contributed by atoms with Gasteiger partial charge in [0.1, 0.15) is 0 Å². The topological polar surface area (TPSA) is 12.4 Å². The summed E-state index contributed by atoms with van der Waals surface area (Å²) >= 11 is 0. The molecule has 0 saturated heterocycles. The Labute approximate surface area is 50.1 Å². The zero-order chi connectivity index (χ0) is 6.20. The monoisotopic (exact) mass is 109 g/mol. The largest absolute Gasteiger partial charge is 0.265 e. The fourth-order valence-corrected chi connectivity index (χ4v) is 0.622. The van der Waals surface area contributed by atoms with Crippen LogP contribution in [-0.2, 0) is 0 Å². The minimum absolute atomic E-state index is 0.222. The average molecular weight is 109 g/mol. The van der Waals surface area contributed by atoms with Crippen LogP contribution < -0.4 is 0 Å². The maximum atomic E-state index is 4.12. The summed E-state index contributed by atoms with van der Waals surface area (Å²) in [5, 5.41) is 0. The predicted octanol–water partition coefficient (Wildman–Crippen LogP) is 2.00. The van der Waals surface area contributed by atoms with E-state index in [9.17, 15) is 0 Å². The summed E-state index contributed by atoms with van der Waals surface area (Å²) in [7, 11) is 0. The highest BCUT2D eigenvalue weighted by molar-refractivity contribution is 5.91. The summed E-state index contributed by atoms with van der Waals surface area (Å²) in [4.78, 5) is 4.12. The SMILES string of the molecule is CC1=NC=CC1(C)C. The zero-order valence-corrected chi connectivity index (χ0v) is 5.60. The van der Waals surface area contributed by atoms with Crippen LogP contribution in [0.1, 0.15) is 20.8 Å². The van der Waals surface area contributed by atoms with Crippen molar-refractivity contribution in [3.63, 3.8) is 0 Å². The summed E-state index contributed by atoms with van der Waals surface area (Å²) in [5.41, 5.74) is 1.43. The van der Waals surface area contributed by atoms with Gasteiger partial charge in [0.2, 0.25) is 0 Å². The maximum Gasteiger partial charge on any atom is 0.0242 e. The van der Waals surface area contributed by atoms with E-state index in [4.69, 9.17) is 0 Å². The van der Waals surface area contributed by atoms with Gasteiger partial charge in [0.15, 0.2) is 0 Å². The number of nitrogens with zero attached hydrogens (tertiary/aromatic N) is 1. The highest BCUT2D eigenvalue weighted by Crippen LogP contribution is 2.23. The molecule has 1 heterocycles. The molecule has 0 spiro atoms. The Kier molecular flexibility index (Phi) is 0.999. The molecular weight excluding hydrogens is 98.1 g/mol. The Morgan fingerprint density at radius 2 is 2.12 bits per heavy atom. The smallest absolute Gasteiger partial charge is 0.0242 e. The van der Waals surface area contributed by atoms with Crippen LogP contribution in [0.5, 0.6) is 0 Å². The number of hydrogen-bond acceptors (Lipinski definition) is 1. The van der Waals surface area contributed by atoms with Crippen molar-refractivity contribution >= 4 is 5.71 Å². The molecule has 0 aromatic rings. The molecule has 0 atom stereocenters. The molecule has 1 aliphatic rings. The second-order valence-corrected chi connectivity index (χ2v) is 2.75. The van der Waals surface area contributed by atoms with Gasteiger partial charge >= 0.3 is 0 Å². The van der Waals surface area contributed by atoms with Crippen LogP contribution in [0.3, 0.4) is 0 Å². The normalized spacial score (nSPS) is 23.6. The van der Waals surface area contributed by atoms with E-state index >= 15 is 0 Å². The van der Waals surface area contributed by atoms with Gasteiger partial charge in [-0.1, -0.05) is 19.9 Å². The van der Waals surface area contributed by atoms with E-state index in [1.165, 1.54) is 5.71 Å². The predicted molar refractivity (Wildman–Crippen MR) is 36.0 cm³/mol. The van der Waals surface area contributed by atoms with Crippen molar-refractivity contribution in [1.29, 1.82) is 0 Å². The third-order valence-corrected chi connectivity index (χ3v) is 1.69. The number of aliphatic imine (C=N–C) groups is 1. The molecule has 0 bridgehead atoms. The molecule has 0 N–H and O–H groups in total. The lowest BCUT2D eigenvalue weighted by atomic mass is 9.90. The highest BCUT2D eigenvalue weighted by Gasteiger charge is 2.20. The second-order valence-electron chi connectivity index (χ2n) is 2.75. The minimum Gasteiger partial charge on any atom is -0.265 e. The van der Waals surface area contributed by atoms with E-state index in [0.717, 1.165) is 0 Å². The van der Waals surface area contributed by atoms with Gasteiger partial charge in [-0.3, -0.25) is 4.99 Å². The van der Waals surface area contributed by atoms with E-state index in [0.29, 0.717) is 0 Å². The average Bonchev–Trinajstić information content (AvgIpc) is 1.86. The Morgan fingerprint density at radius 1 is 1.50 bits per heavy atom. The second kappa shape index (κ2) is 1.44. The van der Waals surface area contributed by atoms with Gasteiger partial charge in [-0.25, -0.2) is 0 Å². The fraction of sp³-hybridized carbons (Fsp3) is 0.571. The first-order valence-corrected chi connectivity index (χ1v) is 2.85. The van der Waals surface area contributed by atoms with Crippen LogP contribution in [-0.4, -0.2) is 5.71 Å². The summed E-state index contributed by atoms with van der Waals surface area (Å²) in [6.45, 7) is 6.38. The van der Waals surface area contributed by atoms with Crippen molar-refractivity contribution in [2.24, 2.45) is 10.4 Å². The molecule has 1 aliphatic heterocycles. The van der Waals surface area contributed by atoms with Gasteiger partial charge < -0.3 is 0 Å². The Balaban J connectivity index is 2.87. The molecule has 1 heteroatoms. The minimum atomic E-state index is 0.222. The van der Waals surface area contributed by atoms with Crippen LogP contribution >= 0.6 is 0 Å². The van der Waals surface area contributed by atoms with Crippen molar-refractivity contribution in [3.05, 3.63) is 12.3 Å². The molecule has 0 aromatic heterocycles. The van der Waals surface area contributed by atoms with Crippen molar-refractivity contribution in [3.8, 4) is 0 Å². The zero-order valence-electron chi connectivity index (χ0n) is 5.60. The molecule has 44 valence electrons. The lowest BCUT2D eigenvalue weighted by Crippen LogP contribution is -2.14. The van der Waals surface area contributed by atoms with E-state index in [1.54, 1.807) is 0 Å². The van der Waals surface area contributed by atoms with E-state index in [2.05, 4.69) is 31.8 Å². The van der Waals surface area contributed by atoms with Crippen molar-refractivity contribution < 1.29 is 0 Å². The molecule has 1 nitrogen and oxygen atoms in total. The molecule has 0 aliphatic carbocycles. The molecule has 1 rings (SSSR count). The van der Waals surface area contributed by atoms with Crippen LogP contribution in [0, 0.1) is 5.41 Å². The molecular formula is C7H11N. The van der Waals surface area contributed by atoms with Crippen LogP contribution in [0.4, 0.5) is 0 Å². The standard InChI is InChI=1S/C7H11N/c1-6-7(2,3)4-5-8-6/h4-5H,1-3H3. The first-order chi connectivity index (χ1) is 3.63. The van der Waals surface area contributed by atoms with Gasteiger partial charge in [-0.15, -0.1) is 0 Å². The van der Waals surface area contributed by atoms with Crippen LogP contribution in [0.2, 0.25) is 0 Å². The molecule has 0 amide bonds. The molecule has 8 heavy (non-hydrogen) atoms. The quantitative estimate of drug-likeness (QED) is 0.451. The summed E-state index contributed by atoms with van der Waals surface area (Å²) in [6.07, 6.45) is 3.98. The van der Waals surface area contributed by atoms with Gasteiger partial charge in [0, 0.05) is 17.3 Å². The fourth-order valence-electron chi connectivity index (χ4n) is 0.622. The van der Waals surface area contributed by atoms with Crippen molar-refractivity contribution in [2.75, 3.05) is 0 Å². The first kappa shape index (κ1) is 5.54. The third-order valence-electron chi connectivity index (χ3n) is 1.69. The lowest BCUT2D eigenvalue weighted by Gasteiger charge is -2.13. The maximum absolute atomic E-state index is 4.12. The van der Waals surface area contributed by atoms with Crippen LogP contribution in [0.15, 0.2) is 17.3 Å². The summed E-state index contributed by atoms with van der Waals surface area (Å²) in [6, 6.07) is 0. The molecule has 0 aromatic carbocycles. The molecule has 0 radical (unpaired) electrons. The number of rotatable bonds is 0. The third kappa shape index (κ3) is 0.683.